The molecular weight excluding hydrogens is 240 g/mol. The summed E-state index contributed by atoms with van der Waals surface area (Å²) in [7, 11) is 0. The first-order chi connectivity index (χ1) is 9.08. The van der Waals surface area contributed by atoms with E-state index in [1.165, 1.54) is 0 Å². The summed E-state index contributed by atoms with van der Waals surface area (Å²) in [6.07, 6.45) is 1.51. The van der Waals surface area contributed by atoms with Crippen LogP contribution in [0.15, 0.2) is 0 Å². The van der Waals surface area contributed by atoms with E-state index in [1.54, 1.807) is 0 Å². The van der Waals surface area contributed by atoms with Gasteiger partial charge >= 0.3 is 0 Å². The Labute approximate surface area is 114 Å². The van der Waals surface area contributed by atoms with E-state index in [4.69, 9.17) is 0 Å². The van der Waals surface area contributed by atoms with Crippen LogP contribution in [0.1, 0.15) is 44.5 Å². The van der Waals surface area contributed by atoms with E-state index in [9.17, 15) is 10.4 Å². The molecule has 0 aliphatic heterocycles. The molecule has 0 aliphatic rings. The lowest BCUT2D eigenvalue weighted by Gasteiger charge is -2.21. The van der Waals surface area contributed by atoms with Crippen LogP contribution in [-0.4, -0.2) is 28.0 Å². The normalized spacial score (nSPS) is 12.3. The van der Waals surface area contributed by atoms with Crippen molar-refractivity contribution in [2.45, 2.75) is 46.6 Å². The van der Waals surface area contributed by atoms with Crippen molar-refractivity contribution in [2.24, 2.45) is 5.92 Å². The minimum atomic E-state index is -0.126. The second-order valence-corrected chi connectivity index (χ2v) is 4.85. The van der Waals surface area contributed by atoms with Gasteiger partial charge < -0.3 is 10.4 Å². The van der Waals surface area contributed by atoms with E-state index in [2.05, 4.69) is 21.6 Å². The van der Waals surface area contributed by atoms with Gasteiger partial charge in [-0.15, -0.1) is 5.10 Å². The van der Waals surface area contributed by atoms with Crippen LogP contribution in [-0.2, 0) is 12.8 Å². The van der Waals surface area contributed by atoms with E-state index >= 15 is 0 Å². The number of nitrogens with one attached hydrogen (secondary N) is 1. The van der Waals surface area contributed by atoms with Crippen LogP contribution >= 0.6 is 0 Å². The number of nitriles is 1. The number of aromatic nitrogens is 2. The second-order valence-electron chi connectivity index (χ2n) is 4.85. The molecule has 19 heavy (non-hydrogen) atoms. The zero-order chi connectivity index (χ0) is 14.4. The Bertz CT molecular complexity index is 465. The molecule has 0 fully saturated rings. The van der Waals surface area contributed by atoms with Crippen molar-refractivity contribution in [1.29, 1.82) is 5.26 Å². The minimum Gasteiger partial charge on any atom is -0.394 e. The van der Waals surface area contributed by atoms with Gasteiger partial charge in [0.1, 0.15) is 11.6 Å². The molecule has 0 aromatic carbocycles. The number of nitrogens with zero attached hydrogens (tertiary/aromatic N) is 3. The Morgan fingerprint density at radius 3 is 2.37 bits per heavy atom. The summed E-state index contributed by atoms with van der Waals surface area (Å²) in [5.41, 5.74) is 2.37. The van der Waals surface area contributed by atoms with Crippen molar-refractivity contribution < 1.29 is 5.11 Å². The van der Waals surface area contributed by atoms with Gasteiger partial charge in [-0.05, 0) is 24.3 Å². The SMILES string of the molecule is CCc1nnc(N[C@H](CO)C(C)C)c(C#N)c1CC. The largest absolute Gasteiger partial charge is 0.394 e. The zero-order valence-corrected chi connectivity index (χ0v) is 12.1. The molecule has 1 atom stereocenters. The molecule has 1 aromatic rings. The van der Waals surface area contributed by atoms with Gasteiger partial charge in [0.25, 0.3) is 0 Å². The fourth-order valence-corrected chi connectivity index (χ4v) is 1.99. The van der Waals surface area contributed by atoms with E-state index in [0.29, 0.717) is 11.4 Å². The number of anilines is 1. The number of hydrogen-bond donors (Lipinski definition) is 2. The maximum absolute atomic E-state index is 9.36. The van der Waals surface area contributed by atoms with Crippen LogP contribution < -0.4 is 5.32 Å². The van der Waals surface area contributed by atoms with Crippen molar-refractivity contribution in [3.8, 4) is 6.07 Å². The number of aliphatic hydroxyl groups excluding tert-OH is 1. The van der Waals surface area contributed by atoms with E-state index < -0.39 is 0 Å². The standard InChI is InChI=1S/C14H22N4O/c1-5-10-11(7-15)14(18-17-12(10)6-2)16-13(8-19)9(3)4/h9,13,19H,5-6,8H2,1-4H3,(H,16,18)/t13-/m1/s1. The maximum Gasteiger partial charge on any atom is 0.167 e. The molecule has 0 saturated heterocycles. The van der Waals surface area contributed by atoms with Crippen molar-refractivity contribution in [3.05, 3.63) is 16.8 Å². The summed E-state index contributed by atoms with van der Waals surface area (Å²) >= 11 is 0. The molecule has 1 heterocycles. The first-order valence-electron chi connectivity index (χ1n) is 6.74. The summed E-state index contributed by atoms with van der Waals surface area (Å²) < 4.78 is 0. The molecule has 5 heteroatoms. The fourth-order valence-electron chi connectivity index (χ4n) is 1.99. The van der Waals surface area contributed by atoms with Crippen LogP contribution in [0.4, 0.5) is 5.82 Å². The Balaban J connectivity index is 3.19. The Morgan fingerprint density at radius 2 is 1.95 bits per heavy atom. The quantitative estimate of drug-likeness (QED) is 0.818. The van der Waals surface area contributed by atoms with Crippen LogP contribution in [0.2, 0.25) is 0 Å². The highest BCUT2D eigenvalue weighted by molar-refractivity contribution is 5.57. The van der Waals surface area contributed by atoms with E-state index in [-0.39, 0.29) is 18.6 Å². The first kappa shape index (κ1) is 15.4. The van der Waals surface area contributed by atoms with Gasteiger partial charge in [0.15, 0.2) is 5.82 Å². The smallest absolute Gasteiger partial charge is 0.167 e. The Kier molecular flexibility index (Phi) is 5.71. The summed E-state index contributed by atoms with van der Waals surface area (Å²) in [4.78, 5) is 0. The van der Waals surface area contributed by atoms with Gasteiger partial charge in [-0.3, -0.25) is 0 Å². The predicted molar refractivity (Wildman–Crippen MR) is 74.8 cm³/mol. The third kappa shape index (κ3) is 3.42. The zero-order valence-electron chi connectivity index (χ0n) is 12.1. The summed E-state index contributed by atoms with van der Waals surface area (Å²) in [5, 5.41) is 30.1. The van der Waals surface area contributed by atoms with E-state index in [1.807, 2.05) is 27.7 Å². The molecule has 0 bridgehead atoms. The van der Waals surface area contributed by atoms with Crippen molar-refractivity contribution >= 4 is 5.82 Å². The number of rotatable bonds is 6. The Morgan fingerprint density at radius 1 is 1.26 bits per heavy atom. The molecule has 0 saturated carbocycles. The van der Waals surface area contributed by atoms with Crippen molar-refractivity contribution in [1.82, 2.24) is 10.2 Å². The van der Waals surface area contributed by atoms with Gasteiger partial charge in [-0.25, -0.2) is 0 Å². The third-order valence-electron chi connectivity index (χ3n) is 3.28. The topological polar surface area (TPSA) is 81.8 Å². The molecule has 1 aromatic heterocycles. The lowest BCUT2D eigenvalue weighted by atomic mass is 10.0. The fraction of sp³-hybridized carbons (Fsp3) is 0.643. The van der Waals surface area contributed by atoms with Crippen LogP contribution in [0, 0.1) is 17.2 Å². The molecular formula is C14H22N4O. The van der Waals surface area contributed by atoms with Crippen LogP contribution in [0.5, 0.6) is 0 Å². The first-order valence-corrected chi connectivity index (χ1v) is 6.74. The van der Waals surface area contributed by atoms with Gasteiger partial charge in [-0.2, -0.15) is 10.4 Å². The molecule has 104 valence electrons. The molecule has 0 radical (unpaired) electrons. The lowest BCUT2D eigenvalue weighted by molar-refractivity contribution is 0.249. The number of hydrogen-bond acceptors (Lipinski definition) is 5. The Hall–Kier alpha value is -1.67. The lowest BCUT2D eigenvalue weighted by Crippen LogP contribution is -2.30. The van der Waals surface area contributed by atoms with Crippen molar-refractivity contribution in [3.63, 3.8) is 0 Å². The average molecular weight is 262 g/mol. The average Bonchev–Trinajstić information content (AvgIpc) is 2.42. The highest BCUT2D eigenvalue weighted by Crippen LogP contribution is 2.21. The number of aliphatic hydroxyl groups is 1. The predicted octanol–water partition coefficient (Wildman–Crippen LogP) is 1.90. The molecule has 0 aliphatic carbocycles. The van der Waals surface area contributed by atoms with Crippen LogP contribution in [0.3, 0.4) is 0 Å². The van der Waals surface area contributed by atoms with Gasteiger partial charge in [-0.1, -0.05) is 27.7 Å². The summed E-state index contributed by atoms with van der Waals surface area (Å²) in [6.45, 7) is 8.03. The molecule has 5 nitrogen and oxygen atoms in total. The third-order valence-corrected chi connectivity index (χ3v) is 3.28. The van der Waals surface area contributed by atoms with Crippen LogP contribution in [0.25, 0.3) is 0 Å². The maximum atomic E-state index is 9.36. The van der Waals surface area contributed by atoms with Crippen molar-refractivity contribution in [2.75, 3.05) is 11.9 Å². The summed E-state index contributed by atoms with van der Waals surface area (Å²) in [6, 6.07) is 2.09. The van der Waals surface area contributed by atoms with E-state index in [0.717, 1.165) is 24.1 Å². The number of aryl methyl sites for hydroxylation is 1. The van der Waals surface area contributed by atoms with Gasteiger partial charge in [0.2, 0.25) is 0 Å². The highest BCUT2D eigenvalue weighted by atomic mass is 16.3. The second kappa shape index (κ2) is 7.05. The van der Waals surface area contributed by atoms with Gasteiger partial charge in [0.05, 0.1) is 18.3 Å². The molecule has 2 N–H and O–H groups in total. The highest BCUT2D eigenvalue weighted by Gasteiger charge is 2.18. The minimum absolute atomic E-state index is 0.00119. The van der Waals surface area contributed by atoms with Gasteiger partial charge in [0, 0.05) is 0 Å². The molecule has 1 rings (SSSR count). The molecule has 0 spiro atoms. The molecule has 0 amide bonds. The molecule has 0 unspecified atom stereocenters. The monoisotopic (exact) mass is 262 g/mol. The summed E-state index contributed by atoms with van der Waals surface area (Å²) in [5.74, 6) is 0.721.